The van der Waals surface area contributed by atoms with E-state index in [1.54, 1.807) is 0 Å². The largest absolute Gasteiger partial charge is 0.280 e. The highest BCUT2D eigenvalue weighted by atomic mass is 31.1. The molecule has 0 aromatic heterocycles. The van der Waals surface area contributed by atoms with Crippen molar-refractivity contribution in [3.8, 4) is 0 Å². The molecule has 206 valence electrons. The molecule has 0 radical (unpaired) electrons. The fraction of sp³-hybridized carbons (Fsp3) is 0.500. The number of unbranched alkanes of at least 4 members (excludes halogenated alkanes) is 9. The van der Waals surface area contributed by atoms with Gasteiger partial charge in [0.1, 0.15) is 19.6 Å². The first-order valence-corrected chi connectivity index (χ1v) is 17.0. The van der Waals surface area contributed by atoms with Crippen molar-refractivity contribution >= 4 is 8.58 Å². The first kappa shape index (κ1) is 30.6. The van der Waals surface area contributed by atoms with Crippen LogP contribution < -0.4 is 0 Å². The average molecular weight is 532 g/mol. The van der Waals surface area contributed by atoms with E-state index in [1.807, 2.05) is 0 Å². The lowest BCUT2D eigenvalue weighted by Crippen LogP contribution is -2.51. The second kappa shape index (κ2) is 18.4. The van der Waals surface area contributed by atoms with Crippen LogP contribution in [-0.4, -0.2) is 16.4 Å². The molecule has 2 unspecified atom stereocenters. The third-order valence-corrected chi connectivity index (χ3v) is 10.5. The SMILES string of the molecule is CCCCCCCCCCCC[PH2+]C(CC)[N+](Cc1ccccc1)(Cc1ccccc1)Cc1ccccc1. The summed E-state index contributed by atoms with van der Waals surface area (Å²) in [5, 5.41) is 0. The van der Waals surface area contributed by atoms with Gasteiger partial charge in [0.2, 0.25) is 0 Å². The van der Waals surface area contributed by atoms with Crippen LogP contribution in [0.15, 0.2) is 91.0 Å². The first-order valence-electron chi connectivity index (χ1n) is 15.6. The lowest BCUT2D eigenvalue weighted by Gasteiger charge is -2.42. The Morgan fingerprint density at radius 2 is 0.868 bits per heavy atom. The van der Waals surface area contributed by atoms with Gasteiger partial charge in [-0.25, -0.2) is 0 Å². The minimum Gasteiger partial charge on any atom is -0.280 e. The summed E-state index contributed by atoms with van der Waals surface area (Å²) in [5.41, 5.74) is 4.41. The minimum absolute atomic E-state index is 0.403. The molecule has 2 heteroatoms. The lowest BCUT2D eigenvalue weighted by atomic mass is 10.1. The van der Waals surface area contributed by atoms with E-state index in [2.05, 4.69) is 105 Å². The van der Waals surface area contributed by atoms with Gasteiger partial charge in [-0.15, -0.1) is 0 Å². The Hall–Kier alpha value is -1.95. The van der Waals surface area contributed by atoms with Crippen molar-refractivity contribution < 1.29 is 4.48 Å². The Morgan fingerprint density at radius 1 is 0.500 bits per heavy atom. The molecule has 0 heterocycles. The van der Waals surface area contributed by atoms with Gasteiger partial charge in [-0.3, -0.25) is 4.48 Å². The van der Waals surface area contributed by atoms with Crippen molar-refractivity contribution in [2.75, 3.05) is 6.16 Å². The highest BCUT2D eigenvalue weighted by Gasteiger charge is 2.39. The quantitative estimate of drug-likeness (QED) is 0.0772. The van der Waals surface area contributed by atoms with Gasteiger partial charge in [-0.05, 0) is 12.8 Å². The molecule has 0 bridgehead atoms. The zero-order valence-electron chi connectivity index (χ0n) is 24.4. The summed E-state index contributed by atoms with van der Waals surface area (Å²) in [6.07, 6.45) is 17.0. The third-order valence-electron chi connectivity index (χ3n) is 8.14. The fourth-order valence-corrected chi connectivity index (χ4v) is 8.09. The van der Waals surface area contributed by atoms with Crippen molar-refractivity contribution in [2.45, 2.75) is 110 Å². The maximum atomic E-state index is 2.45. The molecule has 3 aromatic carbocycles. The van der Waals surface area contributed by atoms with Crippen molar-refractivity contribution in [3.05, 3.63) is 108 Å². The topological polar surface area (TPSA) is 0 Å². The summed E-state index contributed by atoms with van der Waals surface area (Å²) in [4.78, 5) is 0. The maximum Gasteiger partial charge on any atom is 0.186 e. The summed E-state index contributed by atoms with van der Waals surface area (Å²) in [6.45, 7) is 8.07. The molecular formula is C36H54NP+2. The smallest absolute Gasteiger partial charge is 0.186 e. The van der Waals surface area contributed by atoms with Gasteiger partial charge in [0.15, 0.2) is 5.78 Å². The number of rotatable bonds is 20. The maximum absolute atomic E-state index is 2.45. The van der Waals surface area contributed by atoms with Crippen molar-refractivity contribution in [1.82, 2.24) is 0 Å². The molecule has 0 spiro atoms. The second-order valence-electron chi connectivity index (χ2n) is 11.3. The van der Waals surface area contributed by atoms with Gasteiger partial charge < -0.3 is 0 Å². The summed E-state index contributed by atoms with van der Waals surface area (Å²) in [6, 6.07) is 33.8. The van der Waals surface area contributed by atoms with Gasteiger partial charge in [0.25, 0.3) is 0 Å². The van der Waals surface area contributed by atoms with Crippen LogP contribution in [0.2, 0.25) is 0 Å². The molecule has 0 aliphatic rings. The Morgan fingerprint density at radius 3 is 1.24 bits per heavy atom. The molecule has 0 N–H and O–H groups in total. The van der Waals surface area contributed by atoms with Crippen LogP contribution in [0, 0.1) is 0 Å². The molecule has 38 heavy (non-hydrogen) atoms. The Kier molecular flexibility index (Phi) is 14.8. The standard InChI is InChI=1S/C36H53NP/c1-3-5-6-7-8-9-10-11-12-22-29-38-36(4-2)37(30-33-23-16-13-17-24-33,31-34-25-18-14-19-26-34)32-35-27-20-15-21-28-35/h13-21,23-28,36,38H,3-12,22,29-32H2,1-2H3/q+1/p+1. The van der Waals surface area contributed by atoms with Crippen LogP contribution in [0.5, 0.6) is 0 Å². The van der Waals surface area contributed by atoms with E-state index in [0.29, 0.717) is 8.58 Å². The predicted octanol–water partition coefficient (Wildman–Crippen LogP) is 10.5. The van der Waals surface area contributed by atoms with Crippen LogP contribution in [-0.2, 0) is 19.6 Å². The number of nitrogens with zero attached hydrogens (tertiary/aromatic N) is 1. The molecule has 2 atom stereocenters. The molecular weight excluding hydrogens is 477 g/mol. The molecule has 0 saturated carbocycles. The summed E-state index contributed by atoms with van der Waals surface area (Å²) in [7, 11) is 0.403. The summed E-state index contributed by atoms with van der Waals surface area (Å²) < 4.78 is 1.14. The Bertz CT molecular complexity index is 855. The highest BCUT2D eigenvalue weighted by Crippen LogP contribution is 2.38. The number of hydrogen-bond donors (Lipinski definition) is 0. The van der Waals surface area contributed by atoms with Gasteiger partial charge in [-0.1, -0.05) is 156 Å². The van der Waals surface area contributed by atoms with E-state index in [-0.39, 0.29) is 0 Å². The molecule has 1 nitrogen and oxygen atoms in total. The molecule has 0 fully saturated rings. The van der Waals surface area contributed by atoms with E-state index < -0.39 is 0 Å². The first-order chi connectivity index (χ1) is 18.8. The highest BCUT2D eigenvalue weighted by molar-refractivity contribution is 7.38. The van der Waals surface area contributed by atoms with Crippen molar-refractivity contribution in [2.24, 2.45) is 0 Å². The predicted molar refractivity (Wildman–Crippen MR) is 171 cm³/mol. The zero-order valence-corrected chi connectivity index (χ0v) is 25.5. The van der Waals surface area contributed by atoms with Gasteiger partial charge >= 0.3 is 0 Å². The molecule has 0 amide bonds. The van der Waals surface area contributed by atoms with Crippen molar-refractivity contribution in [1.29, 1.82) is 0 Å². The van der Waals surface area contributed by atoms with Crippen LogP contribution in [0.4, 0.5) is 0 Å². The van der Waals surface area contributed by atoms with E-state index in [9.17, 15) is 0 Å². The normalized spacial score (nSPS) is 12.8. The molecule has 0 saturated heterocycles. The van der Waals surface area contributed by atoms with E-state index in [0.717, 1.165) is 29.9 Å². The number of hydrogen-bond acceptors (Lipinski definition) is 0. The monoisotopic (exact) mass is 531 g/mol. The lowest BCUT2D eigenvalue weighted by molar-refractivity contribution is -0.976. The molecule has 3 rings (SSSR count). The average Bonchev–Trinajstić information content (AvgIpc) is 2.95. The second-order valence-corrected chi connectivity index (χ2v) is 13.1. The Labute approximate surface area is 236 Å². The van der Waals surface area contributed by atoms with E-state index in [1.165, 1.54) is 93.5 Å². The van der Waals surface area contributed by atoms with Crippen LogP contribution in [0.1, 0.15) is 101 Å². The van der Waals surface area contributed by atoms with E-state index >= 15 is 0 Å². The number of benzene rings is 3. The van der Waals surface area contributed by atoms with Gasteiger partial charge in [0.05, 0.1) is 6.16 Å². The number of quaternary nitrogens is 1. The van der Waals surface area contributed by atoms with Gasteiger partial charge in [0, 0.05) is 31.7 Å². The minimum atomic E-state index is 0.403. The van der Waals surface area contributed by atoms with Crippen molar-refractivity contribution in [3.63, 3.8) is 0 Å². The van der Waals surface area contributed by atoms with Crippen LogP contribution in [0.25, 0.3) is 0 Å². The third kappa shape index (κ3) is 11.0. The molecule has 0 aliphatic carbocycles. The van der Waals surface area contributed by atoms with Gasteiger partial charge in [-0.2, -0.15) is 0 Å². The summed E-state index contributed by atoms with van der Waals surface area (Å²) >= 11 is 0. The van der Waals surface area contributed by atoms with Crippen LogP contribution >= 0.6 is 8.58 Å². The zero-order chi connectivity index (χ0) is 26.7. The van der Waals surface area contributed by atoms with E-state index in [4.69, 9.17) is 0 Å². The molecule has 0 aliphatic heterocycles. The molecule has 3 aromatic rings. The fourth-order valence-electron chi connectivity index (χ4n) is 6.08. The van der Waals surface area contributed by atoms with Crippen LogP contribution in [0.3, 0.4) is 0 Å². The summed E-state index contributed by atoms with van der Waals surface area (Å²) in [5.74, 6) is 0.731. The Balaban J connectivity index is 1.67.